The Bertz CT molecular complexity index is 766. The number of guanidine groups is 1. The third-order valence-electron chi connectivity index (χ3n) is 3.95. The lowest BCUT2D eigenvalue weighted by atomic mass is 9.94. The second-order valence-corrected chi connectivity index (χ2v) is 8.27. The van der Waals surface area contributed by atoms with Crippen LogP contribution in [0.3, 0.4) is 0 Å². The first-order valence-electron chi connectivity index (χ1n) is 9.97. The highest BCUT2D eigenvalue weighted by Gasteiger charge is 2.19. The molecule has 0 amide bonds. The van der Waals surface area contributed by atoms with Crippen LogP contribution in [-0.4, -0.2) is 24.1 Å². The first-order chi connectivity index (χ1) is 13.3. The molecule has 1 aromatic heterocycles. The third kappa shape index (κ3) is 9.06. The number of halogens is 1. The lowest BCUT2D eigenvalue weighted by Crippen LogP contribution is -2.36. The Morgan fingerprint density at radius 1 is 1.24 bits per heavy atom. The van der Waals surface area contributed by atoms with E-state index in [1.54, 1.807) is 6.20 Å². The minimum atomic E-state index is -0.0491. The molecular weight excluding hydrogens is 479 g/mol. The number of hydrogen-bond donors (Lipinski definition) is 2. The highest BCUT2D eigenvalue weighted by molar-refractivity contribution is 14.0. The molecule has 0 radical (unpaired) electrons. The number of aromatic nitrogens is 1. The molecule has 0 aliphatic carbocycles. The highest BCUT2D eigenvalue weighted by atomic mass is 127. The number of hydrogen-bond acceptors (Lipinski definition) is 4. The predicted molar refractivity (Wildman–Crippen MR) is 129 cm³/mol. The van der Waals surface area contributed by atoms with Crippen molar-refractivity contribution in [1.82, 2.24) is 15.6 Å². The van der Waals surface area contributed by atoms with Crippen molar-refractivity contribution in [3.05, 3.63) is 47.7 Å². The standard InChI is InChI=1S/C22H34N4O2.HI/c1-7-23-21(26-14-20-24-13-19(28-20)22(4,5)6)25-12-17-9-8-10-18(11-17)27-15-16(2)3;/h8-11,13,16H,7,12,14-15H2,1-6H3,(H2,23,25,26);1H. The van der Waals surface area contributed by atoms with Gasteiger partial charge in [-0.2, -0.15) is 0 Å². The fourth-order valence-electron chi connectivity index (χ4n) is 2.41. The summed E-state index contributed by atoms with van der Waals surface area (Å²) >= 11 is 0. The van der Waals surface area contributed by atoms with Crippen LogP contribution < -0.4 is 15.4 Å². The average molecular weight is 514 g/mol. The zero-order valence-corrected chi connectivity index (χ0v) is 20.7. The number of oxazole rings is 1. The van der Waals surface area contributed by atoms with Crippen molar-refractivity contribution in [1.29, 1.82) is 0 Å². The summed E-state index contributed by atoms with van der Waals surface area (Å²) in [5.74, 6) is 3.64. The summed E-state index contributed by atoms with van der Waals surface area (Å²) < 4.78 is 11.6. The molecule has 0 atom stereocenters. The molecule has 0 bridgehead atoms. The van der Waals surface area contributed by atoms with Gasteiger partial charge in [-0.05, 0) is 30.5 Å². The summed E-state index contributed by atoms with van der Waals surface area (Å²) in [6.45, 7) is 15.2. The lowest BCUT2D eigenvalue weighted by Gasteiger charge is -2.13. The maximum Gasteiger partial charge on any atom is 0.213 e. The molecule has 1 aromatic carbocycles. The maximum atomic E-state index is 5.83. The molecular formula is C22H35IN4O2. The second kappa shape index (κ2) is 12.0. The molecule has 0 saturated heterocycles. The van der Waals surface area contributed by atoms with Gasteiger partial charge in [0.15, 0.2) is 5.96 Å². The van der Waals surface area contributed by atoms with E-state index in [2.05, 4.69) is 61.3 Å². The van der Waals surface area contributed by atoms with Gasteiger partial charge in [-0.1, -0.05) is 46.8 Å². The van der Waals surface area contributed by atoms with Crippen LogP contribution in [0.25, 0.3) is 0 Å². The van der Waals surface area contributed by atoms with E-state index in [0.29, 0.717) is 31.5 Å². The summed E-state index contributed by atoms with van der Waals surface area (Å²) in [7, 11) is 0. The topological polar surface area (TPSA) is 71.7 Å². The van der Waals surface area contributed by atoms with Crippen LogP contribution in [0.1, 0.15) is 58.8 Å². The van der Waals surface area contributed by atoms with E-state index in [9.17, 15) is 0 Å². The molecule has 6 nitrogen and oxygen atoms in total. The molecule has 7 heteroatoms. The molecule has 0 aliphatic heterocycles. The molecule has 0 spiro atoms. The van der Waals surface area contributed by atoms with E-state index in [0.717, 1.165) is 29.6 Å². The monoisotopic (exact) mass is 514 g/mol. The molecule has 1 heterocycles. The smallest absolute Gasteiger partial charge is 0.213 e. The molecule has 2 rings (SSSR count). The zero-order chi connectivity index (χ0) is 20.6. The van der Waals surface area contributed by atoms with Crippen molar-refractivity contribution in [3.8, 4) is 5.75 Å². The normalized spacial score (nSPS) is 11.9. The Labute approximate surface area is 191 Å². The molecule has 0 saturated carbocycles. The zero-order valence-electron chi connectivity index (χ0n) is 18.4. The Morgan fingerprint density at radius 2 is 2.00 bits per heavy atom. The van der Waals surface area contributed by atoms with Crippen LogP contribution in [0, 0.1) is 5.92 Å². The van der Waals surface area contributed by atoms with Crippen LogP contribution in [-0.2, 0) is 18.5 Å². The number of aliphatic imine (C=N–C) groups is 1. The number of nitrogens with one attached hydrogen (secondary N) is 2. The predicted octanol–water partition coefficient (Wildman–Crippen LogP) is 4.88. The van der Waals surface area contributed by atoms with Gasteiger partial charge in [-0.15, -0.1) is 24.0 Å². The molecule has 0 aliphatic rings. The molecule has 2 aromatic rings. The summed E-state index contributed by atoms with van der Waals surface area (Å²) in [5.41, 5.74) is 1.05. The molecule has 162 valence electrons. The van der Waals surface area contributed by atoms with Crippen LogP contribution in [0.4, 0.5) is 0 Å². The minimum absolute atomic E-state index is 0. The van der Waals surface area contributed by atoms with Gasteiger partial charge < -0.3 is 19.8 Å². The summed E-state index contributed by atoms with van der Waals surface area (Å²) in [6.07, 6.45) is 1.80. The van der Waals surface area contributed by atoms with Crippen LogP contribution in [0.15, 0.2) is 39.9 Å². The third-order valence-corrected chi connectivity index (χ3v) is 3.95. The van der Waals surface area contributed by atoms with Gasteiger partial charge in [0.25, 0.3) is 0 Å². The summed E-state index contributed by atoms with van der Waals surface area (Å²) in [6, 6.07) is 8.08. The van der Waals surface area contributed by atoms with Crippen molar-refractivity contribution in [2.24, 2.45) is 10.9 Å². The van der Waals surface area contributed by atoms with Crippen molar-refractivity contribution >= 4 is 29.9 Å². The van der Waals surface area contributed by atoms with E-state index in [1.807, 2.05) is 25.1 Å². The number of benzene rings is 1. The summed E-state index contributed by atoms with van der Waals surface area (Å²) in [5, 5.41) is 6.53. The first kappa shape index (κ1) is 25.3. The molecule has 2 N–H and O–H groups in total. The molecule has 0 unspecified atom stereocenters. The van der Waals surface area contributed by atoms with Gasteiger partial charge in [0.1, 0.15) is 11.5 Å². The van der Waals surface area contributed by atoms with Gasteiger partial charge in [0.05, 0.1) is 25.9 Å². The quantitative estimate of drug-likeness (QED) is 0.299. The minimum Gasteiger partial charge on any atom is -0.493 e. The lowest BCUT2D eigenvalue weighted by molar-refractivity contribution is 0.271. The van der Waals surface area contributed by atoms with Gasteiger partial charge in [0.2, 0.25) is 5.89 Å². The van der Waals surface area contributed by atoms with Gasteiger partial charge in [-0.25, -0.2) is 9.98 Å². The fraction of sp³-hybridized carbons (Fsp3) is 0.545. The van der Waals surface area contributed by atoms with Gasteiger partial charge in [-0.3, -0.25) is 0 Å². The number of ether oxygens (including phenoxy) is 1. The average Bonchev–Trinajstić information content (AvgIpc) is 3.12. The van der Waals surface area contributed by atoms with Crippen molar-refractivity contribution in [2.45, 2.75) is 60.0 Å². The van der Waals surface area contributed by atoms with Crippen LogP contribution in [0.2, 0.25) is 0 Å². The van der Waals surface area contributed by atoms with Crippen molar-refractivity contribution < 1.29 is 9.15 Å². The Kier molecular flexibility index (Phi) is 10.5. The molecule has 0 fully saturated rings. The number of rotatable bonds is 8. The Morgan fingerprint density at radius 3 is 2.62 bits per heavy atom. The first-order valence-corrected chi connectivity index (χ1v) is 9.97. The van der Waals surface area contributed by atoms with E-state index in [-0.39, 0.29) is 29.4 Å². The largest absolute Gasteiger partial charge is 0.493 e. The second-order valence-electron chi connectivity index (χ2n) is 8.27. The Hall–Kier alpha value is -1.77. The van der Waals surface area contributed by atoms with Crippen molar-refractivity contribution in [2.75, 3.05) is 13.2 Å². The van der Waals surface area contributed by atoms with E-state index >= 15 is 0 Å². The molecule has 29 heavy (non-hydrogen) atoms. The van der Waals surface area contributed by atoms with E-state index in [1.165, 1.54) is 0 Å². The van der Waals surface area contributed by atoms with Crippen molar-refractivity contribution in [3.63, 3.8) is 0 Å². The summed E-state index contributed by atoms with van der Waals surface area (Å²) in [4.78, 5) is 9.01. The van der Waals surface area contributed by atoms with Crippen LogP contribution >= 0.6 is 24.0 Å². The van der Waals surface area contributed by atoms with Gasteiger partial charge in [0, 0.05) is 12.0 Å². The SMILES string of the molecule is CCNC(=NCc1cccc(OCC(C)C)c1)NCc1ncc(C(C)(C)C)o1.I. The fourth-order valence-corrected chi connectivity index (χ4v) is 2.41. The van der Waals surface area contributed by atoms with E-state index < -0.39 is 0 Å². The highest BCUT2D eigenvalue weighted by Crippen LogP contribution is 2.22. The van der Waals surface area contributed by atoms with Crippen LogP contribution in [0.5, 0.6) is 5.75 Å². The van der Waals surface area contributed by atoms with Gasteiger partial charge >= 0.3 is 0 Å². The maximum absolute atomic E-state index is 5.83. The number of nitrogens with zero attached hydrogens (tertiary/aromatic N) is 2. The van der Waals surface area contributed by atoms with E-state index in [4.69, 9.17) is 9.15 Å². The Balaban J connectivity index is 0.00000420.